The lowest BCUT2D eigenvalue weighted by atomic mass is 10.1. The van der Waals surface area contributed by atoms with Crippen molar-refractivity contribution in [2.45, 2.75) is 6.18 Å². The lowest BCUT2D eigenvalue weighted by Crippen LogP contribution is -2.28. The first-order valence-corrected chi connectivity index (χ1v) is 7.62. The molecule has 1 amide bonds. The van der Waals surface area contributed by atoms with Gasteiger partial charge in [-0.3, -0.25) is 4.79 Å². The number of nitrogens with zero attached hydrogens (tertiary/aromatic N) is 1. The Kier molecular flexibility index (Phi) is 6.49. The third kappa shape index (κ3) is 5.54. The van der Waals surface area contributed by atoms with Crippen LogP contribution in [0.4, 0.5) is 13.2 Å². The predicted molar refractivity (Wildman–Crippen MR) is 86.9 cm³/mol. The van der Waals surface area contributed by atoms with Gasteiger partial charge in [-0.2, -0.15) is 13.2 Å². The number of hydrogen-bond donors (Lipinski definition) is 2. The molecule has 5 nitrogen and oxygen atoms in total. The Hall–Kier alpha value is -2.45. The SMILES string of the molecule is NCCOCCNC(=O)c1cccc(-c2ccc(C(F)(F)F)cc2)n1. The molecule has 8 heteroatoms. The second-order valence-corrected chi connectivity index (χ2v) is 5.14. The summed E-state index contributed by atoms with van der Waals surface area (Å²) in [4.78, 5) is 16.2. The molecule has 0 unspecified atom stereocenters. The summed E-state index contributed by atoms with van der Waals surface area (Å²) >= 11 is 0. The first kappa shape index (κ1) is 18.9. The number of nitrogens with one attached hydrogen (secondary N) is 1. The fraction of sp³-hybridized carbons (Fsp3) is 0.294. The smallest absolute Gasteiger partial charge is 0.378 e. The van der Waals surface area contributed by atoms with Gasteiger partial charge in [0.1, 0.15) is 5.69 Å². The number of carbonyl (C=O) groups is 1. The topological polar surface area (TPSA) is 77.2 Å². The molecule has 134 valence electrons. The molecule has 0 fully saturated rings. The van der Waals surface area contributed by atoms with Gasteiger partial charge in [-0.25, -0.2) is 4.98 Å². The highest BCUT2D eigenvalue weighted by molar-refractivity contribution is 5.92. The standard InChI is InChI=1S/C17H18F3N3O2/c18-17(19,20)13-6-4-12(5-7-13)14-2-1-3-15(23-14)16(24)22-9-11-25-10-8-21/h1-7H,8-11,21H2,(H,22,24). The van der Waals surface area contributed by atoms with E-state index in [9.17, 15) is 18.0 Å². The van der Waals surface area contributed by atoms with Crippen molar-refractivity contribution in [3.05, 3.63) is 53.7 Å². The summed E-state index contributed by atoms with van der Waals surface area (Å²) in [7, 11) is 0. The molecule has 1 heterocycles. The molecule has 0 aliphatic rings. The van der Waals surface area contributed by atoms with Crippen molar-refractivity contribution in [3.8, 4) is 11.3 Å². The number of pyridine rings is 1. The number of alkyl halides is 3. The lowest BCUT2D eigenvalue weighted by molar-refractivity contribution is -0.137. The van der Waals surface area contributed by atoms with Gasteiger partial charge in [0.15, 0.2) is 0 Å². The van der Waals surface area contributed by atoms with E-state index in [-0.39, 0.29) is 11.6 Å². The van der Waals surface area contributed by atoms with Gasteiger partial charge in [-0.05, 0) is 24.3 Å². The van der Waals surface area contributed by atoms with Gasteiger partial charge in [0.2, 0.25) is 0 Å². The zero-order valence-electron chi connectivity index (χ0n) is 13.3. The molecular weight excluding hydrogens is 335 g/mol. The number of nitrogens with two attached hydrogens (primary N) is 1. The van der Waals surface area contributed by atoms with Crippen molar-refractivity contribution in [2.75, 3.05) is 26.3 Å². The van der Waals surface area contributed by atoms with Crippen LogP contribution < -0.4 is 11.1 Å². The summed E-state index contributed by atoms with van der Waals surface area (Å²) in [5, 5.41) is 2.65. The van der Waals surface area contributed by atoms with E-state index in [1.807, 2.05) is 0 Å². The van der Waals surface area contributed by atoms with Crippen molar-refractivity contribution in [2.24, 2.45) is 5.73 Å². The second kappa shape index (κ2) is 8.59. The van der Waals surface area contributed by atoms with Gasteiger partial charge in [0.05, 0.1) is 24.5 Å². The van der Waals surface area contributed by atoms with Crippen molar-refractivity contribution < 1.29 is 22.7 Å². The van der Waals surface area contributed by atoms with Crippen molar-refractivity contribution in [1.82, 2.24) is 10.3 Å². The Morgan fingerprint density at radius 1 is 1.12 bits per heavy atom. The van der Waals surface area contributed by atoms with E-state index < -0.39 is 11.7 Å². The molecule has 0 bridgehead atoms. The number of amides is 1. The number of halogens is 3. The average Bonchev–Trinajstić information content (AvgIpc) is 2.61. The highest BCUT2D eigenvalue weighted by Gasteiger charge is 2.30. The van der Waals surface area contributed by atoms with Crippen LogP contribution in [0.15, 0.2) is 42.5 Å². The maximum atomic E-state index is 12.6. The molecule has 2 aromatic rings. The highest BCUT2D eigenvalue weighted by Crippen LogP contribution is 2.30. The van der Waals surface area contributed by atoms with Gasteiger partial charge < -0.3 is 15.8 Å². The molecule has 0 aliphatic heterocycles. The number of ether oxygens (including phenoxy) is 1. The largest absolute Gasteiger partial charge is 0.416 e. The van der Waals surface area contributed by atoms with Crippen LogP contribution >= 0.6 is 0 Å². The Balaban J connectivity index is 2.04. The quantitative estimate of drug-likeness (QED) is 0.750. The summed E-state index contributed by atoms with van der Waals surface area (Å²) in [6, 6.07) is 9.41. The molecule has 3 N–H and O–H groups in total. The van der Waals surface area contributed by atoms with Crippen LogP contribution in [0.3, 0.4) is 0 Å². The number of hydrogen-bond acceptors (Lipinski definition) is 4. The maximum Gasteiger partial charge on any atom is 0.416 e. The Morgan fingerprint density at radius 3 is 2.48 bits per heavy atom. The van der Waals surface area contributed by atoms with Crippen LogP contribution in [0.25, 0.3) is 11.3 Å². The van der Waals surface area contributed by atoms with Gasteiger partial charge >= 0.3 is 6.18 Å². The van der Waals surface area contributed by atoms with Crippen molar-refractivity contribution in [1.29, 1.82) is 0 Å². The zero-order chi connectivity index (χ0) is 18.3. The Labute approximate surface area is 143 Å². The van der Waals surface area contributed by atoms with E-state index in [1.54, 1.807) is 12.1 Å². The molecule has 25 heavy (non-hydrogen) atoms. The monoisotopic (exact) mass is 353 g/mol. The molecule has 0 atom stereocenters. The van der Waals surface area contributed by atoms with E-state index in [1.165, 1.54) is 18.2 Å². The molecule has 1 aromatic heterocycles. The minimum Gasteiger partial charge on any atom is -0.378 e. The molecule has 0 saturated carbocycles. The number of benzene rings is 1. The fourth-order valence-electron chi connectivity index (χ4n) is 2.06. The van der Waals surface area contributed by atoms with Crippen molar-refractivity contribution >= 4 is 5.91 Å². The van der Waals surface area contributed by atoms with Crippen LogP contribution in [0.5, 0.6) is 0 Å². The molecule has 0 spiro atoms. The van der Waals surface area contributed by atoms with Crippen molar-refractivity contribution in [3.63, 3.8) is 0 Å². The normalized spacial score (nSPS) is 11.4. The number of aromatic nitrogens is 1. The van der Waals surface area contributed by atoms with Gasteiger partial charge in [0.25, 0.3) is 5.91 Å². The maximum absolute atomic E-state index is 12.6. The number of carbonyl (C=O) groups excluding carboxylic acids is 1. The molecule has 1 aromatic carbocycles. The summed E-state index contributed by atoms with van der Waals surface area (Å²) in [5.41, 5.74) is 5.64. The fourth-order valence-corrected chi connectivity index (χ4v) is 2.06. The molecular formula is C17H18F3N3O2. The Morgan fingerprint density at radius 2 is 1.84 bits per heavy atom. The molecule has 2 rings (SSSR count). The van der Waals surface area contributed by atoms with Crippen LogP contribution in [0.1, 0.15) is 16.1 Å². The highest BCUT2D eigenvalue weighted by atomic mass is 19.4. The van der Waals surface area contributed by atoms with E-state index >= 15 is 0 Å². The van der Waals surface area contributed by atoms with E-state index in [2.05, 4.69) is 10.3 Å². The first-order chi connectivity index (χ1) is 11.9. The summed E-state index contributed by atoms with van der Waals surface area (Å²) in [5.74, 6) is -0.384. The third-order valence-electron chi connectivity index (χ3n) is 3.28. The average molecular weight is 353 g/mol. The van der Waals surface area contributed by atoms with Crippen LogP contribution in [-0.4, -0.2) is 37.2 Å². The van der Waals surface area contributed by atoms with Crippen LogP contribution in [0.2, 0.25) is 0 Å². The minimum atomic E-state index is -4.39. The van der Waals surface area contributed by atoms with Crippen LogP contribution in [-0.2, 0) is 10.9 Å². The van der Waals surface area contributed by atoms with E-state index in [0.29, 0.717) is 37.6 Å². The summed E-state index contributed by atoms with van der Waals surface area (Å²) in [6.07, 6.45) is -4.39. The van der Waals surface area contributed by atoms with Gasteiger partial charge in [0, 0.05) is 18.7 Å². The predicted octanol–water partition coefficient (Wildman–Crippen LogP) is 2.47. The molecule has 0 radical (unpaired) electrons. The summed E-state index contributed by atoms with van der Waals surface area (Å²) in [6.45, 7) is 1.47. The zero-order valence-corrected chi connectivity index (χ0v) is 13.3. The lowest BCUT2D eigenvalue weighted by Gasteiger charge is -2.09. The summed E-state index contributed by atoms with van der Waals surface area (Å²) < 4.78 is 43.0. The second-order valence-electron chi connectivity index (χ2n) is 5.14. The Bertz CT molecular complexity index is 703. The van der Waals surface area contributed by atoms with Gasteiger partial charge in [-0.1, -0.05) is 18.2 Å². The van der Waals surface area contributed by atoms with E-state index in [0.717, 1.165) is 12.1 Å². The number of rotatable bonds is 7. The van der Waals surface area contributed by atoms with Gasteiger partial charge in [-0.15, -0.1) is 0 Å². The third-order valence-corrected chi connectivity index (χ3v) is 3.28. The first-order valence-electron chi connectivity index (χ1n) is 7.62. The molecule has 0 saturated heterocycles. The van der Waals surface area contributed by atoms with E-state index in [4.69, 9.17) is 10.5 Å². The van der Waals surface area contributed by atoms with Crippen LogP contribution in [0, 0.1) is 0 Å². The minimum absolute atomic E-state index is 0.177. The molecule has 0 aliphatic carbocycles.